The first-order valence-electron chi connectivity index (χ1n) is 14.5. The molecule has 1 heterocycles. The first kappa shape index (κ1) is 26.0. The van der Waals surface area contributed by atoms with E-state index in [2.05, 4.69) is 129 Å². The summed E-state index contributed by atoms with van der Waals surface area (Å²) in [6.07, 6.45) is 27.8. The van der Waals surface area contributed by atoms with E-state index in [1.165, 1.54) is 22.3 Å². The highest BCUT2D eigenvalue weighted by molar-refractivity contribution is 5.79. The second kappa shape index (κ2) is 11.4. The van der Waals surface area contributed by atoms with Gasteiger partial charge in [-0.3, -0.25) is 0 Å². The van der Waals surface area contributed by atoms with Crippen molar-refractivity contribution in [3.8, 4) is 11.3 Å². The highest BCUT2D eigenvalue weighted by Crippen LogP contribution is 2.37. The van der Waals surface area contributed by atoms with Crippen molar-refractivity contribution < 1.29 is 0 Å². The summed E-state index contributed by atoms with van der Waals surface area (Å²) in [6.45, 7) is 4.66. The van der Waals surface area contributed by atoms with Crippen molar-refractivity contribution >= 4 is 16.7 Å². The van der Waals surface area contributed by atoms with Gasteiger partial charge in [0.1, 0.15) is 0 Å². The van der Waals surface area contributed by atoms with Crippen LogP contribution in [0.1, 0.15) is 68.6 Å². The van der Waals surface area contributed by atoms with Crippen LogP contribution in [0, 0.1) is 0 Å². The quantitative estimate of drug-likeness (QED) is 0.323. The summed E-state index contributed by atoms with van der Waals surface area (Å²) in [5, 5.41) is 0. The average Bonchev–Trinajstić information content (AvgIpc) is 3.30. The number of rotatable bonds is 6. The van der Waals surface area contributed by atoms with Crippen molar-refractivity contribution in [3.63, 3.8) is 0 Å². The lowest BCUT2D eigenvalue weighted by Crippen LogP contribution is -2.20. The summed E-state index contributed by atoms with van der Waals surface area (Å²) < 4.78 is 0. The van der Waals surface area contributed by atoms with E-state index in [0.29, 0.717) is 0 Å². The molecule has 2 nitrogen and oxygen atoms in total. The van der Waals surface area contributed by atoms with E-state index < -0.39 is 0 Å². The SMILES string of the molecule is CC(C)(C1=CC=C(c2cc(-c3ccccc3)nc(C3=CCCC=C3)n2)C=CC1)c1ccc(C2=CCCC=C2)cc1. The van der Waals surface area contributed by atoms with Crippen LogP contribution in [0.2, 0.25) is 0 Å². The van der Waals surface area contributed by atoms with Gasteiger partial charge in [-0.1, -0.05) is 135 Å². The largest absolute Gasteiger partial charge is 0.228 e. The summed E-state index contributed by atoms with van der Waals surface area (Å²) in [4.78, 5) is 10.0. The van der Waals surface area contributed by atoms with Gasteiger partial charge >= 0.3 is 0 Å². The van der Waals surface area contributed by atoms with Crippen LogP contribution in [0.4, 0.5) is 0 Å². The molecule has 0 fully saturated rings. The Morgan fingerprint density at radius 1 is 0.600 bits per heavy atom. The number of aromatic nitrogens is 2. The van der Waals surface area contributed by atoms with Crippen molar-refractivity contribution in [2.75, 3.05) is 0 Å². The van der Waals surface area contributed by atoms with Gasteiger partial charge in [-0.25, -0.2) is 9.97 Å². The monoisotopic (exact) mass is 520 g/mol. The van der Waals surface area contributed by atoms with Gasteiger partial charge in [-0.15, -0.1) is 0 Å². The van der Waals surface area contributed by atoms with Crippen LogP contribution in [0.5, 0.6) is 0 Å². The highest BCUT2D eigenvalue weighted by atomic mass is 14.9. The molecule has 0 atom stereocenters. The first-order valence-corrected chi connectivity index (χ1v) is 14.5. The fraction of sp³-hybridized carbons (Fsp3) is 0.211. The molecule has 0 N–H and O–H groups in total. The molecular formula is C38H36N2. The maximum absolute atomic E-state index is 5.06. The lowest BCUT2D eigenvalue weighted by Gasteiger charge is -2.28. The molecule has 0 radical (unpaired) electrons. The van der Waals surface area contributed by atoms with Crippen LogP contribution < -0.4 is 0 Å². The maximum atomic E-state index is 5.06. The van der Waals surface area contributed by atoms with Gasteiger partial charge < -0.3 is 0 Å². The van der Waals surface area contributed by atoms with Crippen LogP contribution in [0.25, 0.3) is 28.0 Å². The van der Waals surface area contributed by atoms with Crippen molar-refractivity contribution in [2.24, 2.45) is 0 Å². The molecule has 0 saturated carbocycles. The van der Waals surface area contributed by atoms with E-state index in [4.69, 9.17) is 9.97 Å². The van der Waals surface area contributed by atoms with Crippen LogP contribution >= 0.6 is 0 Å². The van der Waals surface area contributed by atoms with Gasteiger partial charge in [-0.05, 0) is 60.4 Å². The van der Waals surface area contributed by atoms with Gasteiger partial charge in [0.05, 0.1) is 11.4 Å². The summed E-state index contributed by atoms with van der Waals surface area (Å²) in [7, 11) is 0. The second-order valence-corrected chi connectivity index (χ2v) is 11.2. The van der Waals surface area contributed by atoms with Crippen LogP contribution in [-0.2, 0) is 5.41 Å². The number of hydrogen-bond donors (Lipinski definition) is 0. The Morgan fingerprint density at radius 3 is 1.98 bits per heavy atom. The molecule has 0 spiro atoms. The second-order valence-electron chi connectivity index (χ2n) is 11.2. The topological polar surface area (TPSA) is 25.8 Å². The third-order valence-corrected chi connectivity index (χ3v) is 8.18. The summed E-state index contributed by atoms with van der Waals surface area (Å²) in [6, 6.07) is 21.7. The predicted octanol–water partition coefficient (Wildman–Crippen LogP) is 9.86. The van der Waals surface area contributed by atoms with Crippen molar-refractivity contribution in [1.29, 1.82) is 0 Å². The highest BCUT2D eigenvalue weighted by Gasteiger charge is 2.25. The Bertz CT molecular complexity index is 1600. The van der Waals surface area contributed by atoms with E-state index >= 15 is 0 Å². The molecule has 0 unspecified atom stereocenters. The molecule has 40 heavy (non-hydrogen) atoms. The fourth-order valence-corrected chi connectivity index (χ4v) is 5.61. The first-order chi connectivity index (χ1) is 19.6. The number of hydrogen-bond acceptors (Lipinski definition) is 2. The van der Waals surface area contributed by atoms with Crippen molar-refractivity contribution in [3.05, 3.63) is 150 Å². The minimum atomic E-state index is -0.0880. The zero-order valence-corrected chi connectivity index (χ0v) is 23.5. The van der Waals surface area contributed by atoms with E-state index in [1.54, 1.807) is 0 Å². The maximum Gasteiger partial charge on any atom is 0.160 e. The average molecular weight is 521 g/mol. The molecule has 1 aromatic heterocycles. The van der Waals surface area contributed by atoms with Gasteiger partial charge in [0.2, 0.25) is 0 Å². The van der Waals surface area contributed by atoms with Crippen molar-refractivity contribution in [2.45, 2.75) is 51.4 Å². The van der Waals surface area contributed by atoms with Gasteiger partial charge in [-0.2, -0.15) is 0 Å². The Labute approximate surface area is 238 Å². The number of nitrogens with zero attached hydrogens (tertiary/aromatic N) is 2. The standard InChI is InChI=1S/C38H36N2/c1-38(2,34-24-21-29(22-25-34)28-13-6-3-7-14-28)33-20-12-19-31(23-26-33)36-27-35(30-15-8-4-9-16-30)39-37(40-36)32-17-10-5-11-18-32/h4,6,8-10,12-19,21-27H,3,5,7,11,20H2,1-2H3. The summed E-state index contributed by atoms with van der Waals surface area (Å²) in [5.74, 6) is 0.790. The Morgan fingerprint density at radius 2 is 1.27 bits per heavy atom. The molecule has 0 bridgehead atoms. The van der Waals surface area contributed by atoms with Crippen LogP contribution in [-0.4, -0.2) is 9.97 Å². The Kier molecular flexibility index (Phi) is 7.42. The molecular weight excluding hydrogens is 484 g/mol. The molecule has 0 saturated heterocycles. The molecule has 3 aromatic rings. The molecule has 3 aliphatic carbocycles. The van der Waals surface area contributed by atoms with E-state index in [1.807, 2.05) is 6.07 Å². The Hall–Kier alpha value is -4.30. The normalized spacial score (nSPS) is 17.1. The molecule has 2 heteroatoms. The molecule has 0 aliphatic heterocycles. The lowest BCUT2D eigenvalue weighted by molar-refractivity contribution is 0.610. The third-order valence-electron chi connectivity index (χ3n) is 8.18. The molecule has 198 valence electrons. The van der Waals surface area contributed by atoms with Gasteiger partial charge in [0, 0.05) is 16.6 Å². The predicted molar refractivity (Wildman–Crippen MR) is 169 cm³/mol. The minimum Gasteiger partial charge on any atom is -0.228 e. The Balaban J connectivity index is 1.33. The fourth-order valence-electron chi connectivity index (χ4n) is 5.61. The zero-order chi connectivity index (χ0) is 27.4. The number of benzene rings is 2. The van der Waals surface area contributed by atoms with E-state index in [9.17, 15) is 0 Å². The number of allylic oxidation sites excluding steroid dienone is 14. The van der Waals surface area contributed by atoms with Crippen LogP contribution in [0.3, 0.4) is 0 Å². The van der Waals surface area contributed by atoms with Crippen LogP contribution in [0.15, 0.2) is 127 Å². The summed E-state index contributed by atoms with van der Waals surface area (Å²) >= 11 is 0. The summed E-state index contributed by atoms with van der Waals surface area (Å²) in [5.41, 5.74) is 10.5. The molecule has 3 aliphatic rings. The van der Waals surface area contributed by atoms with Crippen molar-refractivity contribution in [1.82, 2.24) is 9.97 Å². The molecule has 0 amide bonds. The smallest absolute Gasteiger partial charge is 0.160 e. The molecule has 2 aromatic carbocycles. The zero-order valence-electron chi connectivity index (χ0n) is 23.5. The molecule has 6 rings (SSSR count). The lowest BCUT2D eigenvalue weighted by atomic mass is 9.76. The van der Waals surface area contributed by atoms with E-state index in [-0.39, 0.29) is 5.41 Å². The van der Waals surface area contributed by atoms with E-state index in [0.717, 1.165) is 66.0 Å². The van der Waals surface area contributed by atoms with Gasteiger partial charge in [0.25, 0.3) is 0 Å². The minimum absolute atomic E-state index is 0.0880. The third kappa shape index (κ3) is 5.53. The van der Waals surface area contributed by atoms with Gasteiger partial charge in [0.15, 0.2) is 5.82 Å².